The highest BCUT2D eigenvalue weighted by atomic mass is 127. The van der Waals surface area contributed by atoms with Crippen LogP contribution in [-0.2, 0) is 126 Å². The standard InChI is InChI=1S/C23H24N4O3.C21H23IN4O3.C21H24N4O3.C21H20N4O3.C13H11BrN2O3/c1-2-16-13-24-26(14-16)12-5-3-4-7-17-8-6-9-18-19(17)15-27(23(18)30)20-10-11-21(28)25-22(20)29;22-15-11-23-25(12-15)10-3-1-2-5-14-6-4-7-16-17(14)13-26(21(16)29)18-8-9-19(27)24-20(18)28;2*26-19-10-9-18(20(27)23-19)25-14-17-15(7-4-8-16(17)21(25)28)6-2-1-3-12-24-13-5-11-22-24;14-9-3-1-2-7-8(9)6-16(13(7)19)10-4-5-11(17)15-12(10)18/h1,6,8-9,13-14,20H,3-5,7,10-12,15H2,(H,25,28,29);4,6-7,11-12,18H,1-3,5,8-10,13H2,(H,24,27,28);4-5,7-8,11,13,18H,1-3,6,9-10,12,14H2,(H,23,26,27);4-5,7-8,11,13,18H,1,3,9-10,12,14H2,(H,23,26,27);1-3,10H,4-6H2,(H,15,17,18). The molecule has 19 rings (SSSR count). The molecule has 5 aromatic carbocycles. The van der Waals surface area contributed by atoms with Crippen molar-refractivity contribution in [2.75, 3.05) is 0 Å². The molecular formula is C99H102BrIN18O15. The van der Waals surface area contributed by atoms with Crippen LogP contribution >= 0.6 is 38.5 Å². The van der Waals surface area contributed by atoms with Crippen molar-refractivity contribution in [1.29, 1.82) is 0 Å². The highest BCUT2D eigenvalue weighted by molar-refractivity contribution is 14.1. The average molecular weight is 1990 g/mol. The number of hydrogen-bond donors (Lipinski definition) is 5. The van der Waals surface area contributed by atoms with Crippen molar-refractivity contribution in [1.82, 2.24) is 90.2 Å². The molecule has 0 spiro atoms. The predicted octanol–water partition coefficient (Wildman–Crippen LogP) is 9.44. The minimum absolute atomic E-state index is 0.106. The second-order valence-electron chi connectivity index (χ2n) is 34.4. The van der Waals surface area contributed by atoms with Gasteiger partial charge in [-0.3, -0.25) is 117 Å². The predicted molar refractivity (Wildman–Crippen MR) is 498 cm³/mol. The molecule has 35 heteroatoms. The zero-order valence-electron chi connectivity index (χ0n) is 73.9. The van der Waals surface area contributed by atoms with Crippen molar-refractivity contribution in [2.24, 2.45) is 0 Å². The lowest BCUT2D eigenvalue weighted by Crippen LogP contribution is -2.52. The highest BCUT2D eigenvalue weighted by Crippen LogP contribution is 2.37. The Hall–Kier alpha value is -13.7. The van der Waals surface area contributed by atoms with Crippen molar-refractivity contribution >= 4 is 127 Å². The lowest BCUT2D eigenvalue weighted by molar-refractivity contribution is -0.138. The van der Waals surface area contributed by atoms with E-state index in [1.165, 1.54) is 16.0 Å². The van der Waals surface area contributed by atoms with Gasteiger partial charge < -0.3 is 24.5 Å². The Morgan fingerprint density at radius 1 is 0.358 bits per heavy atom. The van der Waals surface area contributed by atoms with E-state index in [-0.39, 0.29) is 115 Å². The highest BCUT2D eigenvalue weighted by Gasteiger charge is 2.46. The summed E-state index contributed by atoms with van der Waals surface area (Å²) >= 11 is 5.68. The molecule has 4 aromatic heterocycles. The first-order valence-electron chi connectivity index (χ1n) is 45.5. The zero-order valence-corrected chi connectivity index (χ0v) is 77.7. The van der Waals surface area contributed by atoms with Gasteiger partial charge in [0.25, 0.3) is 29.5 Å². The number of piperidine rings is 5. The number of terminal acetylenes is 1. The normalized spacial score (nSPS) is 19.2. The third-order valence-electron chi connectivity index (χ3n) is 25.6. The number of unbranched alkanes of at least 4 members (excludes halogenated alkanes) is 7. The summed E-state index contributed by atoms with van der Waals surface area (Å²) in [4.78, 5) is 189. The van der Waals surface area contributed by atoms with E-state index in [1.54, 1.807) is 56.4 Å². The average Bonchev–Trinajstić information content (AvgIpc) is 1.62. The smallest absolute Gasteiger partial charge is 0.255 e. The number of aryl methyl sites for hydroxylation is 7. The molecule has 692 valence electrons. The summed E-state index contributed by atoms with van der Waals surface area (Å²) < 4.78 is 9.67. The molecule has 0 radical (unpaired) electrons. The van der Waals surface area contributed by atoms with Crippen LogP contribution in [0.2, 0.25) is 0 Å². The molecule has 5 fully saturated rings. The van der Waals surface area contributed by atoms with Gasteiger partial charge in [-0.25, -0.2) is 0 Å². The van der Waals surface area contributed by atoms with Crippen molar-refractivity contribution in [2.45, 2.75) is 243 Å². The van der Waals surface area contributed by atoms with E-state index in [1.807, 2.05) is 116 Å². The number of rotatable bonds is 26. The molecule has 10 aliphatic rings. The molecular weight excluding hydrogens is 1890 g/mol. The summed E-state index contributed by atoms with van der Waals surface area (Å²) in [6.45, 7) is 5.55. The van der Waals surface area contributed by atoms with Gasteiger partial charge in [0.2, 0.25) is 59.1 Å². The van der Waals surface area contributed by atoms with E-state index in [0.717, 1.165) is 169 Å². The first kappa shape index (κ1) is 94.9. The molecule has 33 nitrogen and oxygen atoms in total. The molecule has 5 unspecified atom stereocenters. The summed E-state index contributed by atoms with van der Waals surface area (Å²) in [7, 11) is 0. The lowest BCUT2D eigenvalue weighted by atomic mass is 9.98. The Labute approximate surface area is 795 Å². The third-order valence-corrected chi connectivity index (χ3v) is 26.9. The first-order valence-corrected chi connectivity index (χ1v) is 47.4. The van der Waals surface area contributed by atoms with Crippen molar-refractivity contribution in [3.63, 3.8) is 0 Å². The molecule has 5 saturated heterocycles. The maximum Gasteiger partial charge on any atom is 0.255 e. The Morgan fingerprint density at radius 2 is 0.687 bits per heavy atom. The molecule has 134 heavy (non-hydrogen) atoms. The zero-order chi connectivity index (χ0) is 94.1. The van der Waals surface area contributed by atoms with E-state index in [2.05, 4.69) is 121 Å². The SMILES string of the molecule is C#Cc1cnn(CCCCCc2cccc3c2CN(C2CCC(=O)NC2=O)C3=O)c1.O=C1CCC(N2Cc3c(Br)cccc3C2=O)C(=O)N1.O=C1CCC(N2Cc3c(C#CCCCn4cccn4)cccc3C2=O)C(=O)N1.O=C1CCC(N2Cc3c(CCCCCn4cc(I)cn4)cccc3C2=O)C(=O)N1.O=C1CCC(N2Cc3c(CCCCCn4cccn4)cccc3C2=O)C(=O)N1. The van der Waals surface area contributed by atoms with Crippen LogP contribution < -0.4 is 26.6 Å². The van der Waals surface area contributed by atoms with Gasteiger partial charge in [-0.15, -0.1) is 6.42 Å². The maximum absolute atomic E-state index is 12.9. The van der Waals surface area contributed by atoms with Gasteiger partial charge in [0.1, 0.15) is 30.2 Å². The van der Waals surface area contributed by atoms with Crippen LogP contribution in [0.5, 0.6) is 0 Å². The monoisotopic (exact) mass is 1990 g/mol. The number of fused-ring (bicyclic) bond motifs is 5. The number of hydrogen-bond acceptors (Lipinski definition) is 19. The van der Waals surface area contributed by atoms with Crippen LogP contribution in [0.4, 0.5) is 0 Å². The Bertz CT molecular complexity index is 6160. The molecule has 9 aromatic rings. The molecule has 5 N–H and O–H groups in total. The van der Waals surface area contributed by atoms with Gasteiger partial charge in [-0.1, -0.05) is 101 Å². The Morgan fingerprint density at radius 3 is 1.03 bits per heavy atom. The second-order valence-corrected chi connectivity index (χ2v) is 36.5. The minimum atomic E-state index is -0.604. The van der Waals surface area contributed by atoms with Crippen molar-refractivity contribution in [3.05, 3.63) is 244 Å². The second kappa shape index (κ2) is 44.2. The van der Waals surface area contributed by atoms with E-state index in [0.29, 0.717) is 92.6 Å². The number of halogens is 2. The summed E-state index contributed by atoms with van der Waals surface area (Å²) in [5.41, 5.74) is 13.2. The number of aromatic nitrogens is 8. The fourth-order valence-corrected chi connectivity index (χ4v) is 19.5. The molecule has 0 saturated carbocycles. The van der Waals surface area contributed by atoms with Gasteiger partial charge in [-0.05, 0) is 218 Å². The largest absolute Gasteiger partial charge is 0.322 e. The topological polar surface area (TPSA) is 404 Å². The third kappa shape index (κ3) is 22.8. The molecule has 0 aliphatic carbocycles. The molecule has 14 heterocycles. The van der Waals surface area contributed by atoms with Crippen molar-refractivity contribution in [3.8, 4) is 24.2 Å². The number of nitrogens with zero attached hydrogens (tertiary/aromatic N) is 13. The van der Waals surface area contributed by atoms with Gasteiger partial charge in [-0.2, -0.15) is 20.4 Å². The van der Waals surface area contributed by atoms with Crippen LogP contribution in [0.15, 0.2) is 157 Å². The van der Waals surface area contributed by atoms with E-state index in [9.17, 15) is 71.9 Å². The number of imide groups is 5. The van der Waals surface area contributed by atoms with Gasteiger partial charge in [0.15, 0.2) is 0 Å². The summed E-state index contributed by atoms with van der Waals surface area (Å²) in [5.74, 6) is 5.03. The van der Waals surface area contributed by atoms with Crippen molar-refractivity contribution < 1.29 is 71.9 Å². The number of nitrogens with one attached hydrogen (secondary N) is 5. The maximum atomic E-state index is 12.9. The van der Waals surface area contributed by atoms with Crippen LogP contribution in [0.3, 0.4) is 0 Å². The molecule has 0 bridgehead atoms. The summed E-state index contributed by atoms with van der Waals surface area (Å²) in [6.07, 6.45) is 37.3. The van der Waals surface area contributed by atoms with Crippen LogP contribution in [0.25, 0.3) is 0 Å². The van der Waals surface area contributed by atoms with Gasteiger partial charge >= 0.3 is 0 Å². The molecule has 15 amide bonds. The van der Waals surface area contributed by atoms with E-state index in [4.69, 9.17) is 6.42 Å². The number of amides is 15. The lowest BCUT2D eigenvalue weighted by Gasteiger charge is -2.29. The van der Waals surface area contributed by atoms with Crippen LogP contribution in [-0.4, -0.2) is 182 Å². The van der Waals surface area contributed by atoms with Crippen LogP contribution in [0, 0.1) is 27.8 Å². The fraction of sp³-hybridized carbons (Fsp3) is 0.384. The molecule has 5 atom stereocenters. The molecule has 10 aliphatic heterocycles. The quantitative estimate of drug-likeness (QED) is 0.0146. The van der Waals surface area contributed by atoms with Crippen LogP contribution in [0.1, 0.15) is 242 Å². The summed E-state index contributed by atoms with van der Waals surface area (Å²) in [5, 5.41) is 28.6. The van der Waals surface area contributed by atoms with E-state index >= 15 is 0 Å². The van der Waals surface area contributed by atoms with Gasteiger partial charge in [0, 0.05) is 172 Å². The fourth-order valence-electron chi connectivity index (χ4n) is 18.6. The Kier molecular flexibility index (Phi) is 31.3. The summed E-state index contributed by atoms with van der Waals surface area (Å²) in [6, 6.07) is 29.4. The number of carbonyl (C=O) groups is 15. The minimum Gasteiger partial charge on any atom is -0.322 e. The first-order chi connectivity index (χ1) is 64.9. The van der Waals surface area contributed by atoms with Gasteiger partial charge in [0.05, 0.1) is 21.5 Å². The van der Waals surface area contributed by atoms with E-state index < -0.39 is 36.1 Å². The Balaban J connectivity index is 0.000000129. The number of benzene rings is 5. The number of carbonyl (C=O) groups excluding carboxylic acids is 15.